The lowest BCUT2D eigenvalue weighted by Crippen LogP contribution is -2.42. The molecule has 116 valence electrons. The van der Waals surface area contributed by atoms with Crippen molar-refractivity contribution in [2.75, 3.05) is 20.8 Å². The first kappa shape index (κ1) is 15.9. The van der Waals surface area contributed by atoms with Gasteiger partial charge in [-0.05, 0) is 30.9 Å². The summed E-state index contributed by atoms with van der Waals surface area (Å²) in [7, 11) is 3.13. The highest BCUT2D eigenvalue weighted by molar-refractivity contribution is 6.33. The fraction of sp³-hybridized carbons (Fsp3) is 0.533. The predicted molar refractivity (Wildman–Crippen MR) is 82.0 cm³/mol. The molecule has 2 N–H and O–H groups in total. The van der Waals surface area contributed by atoms with Crippen molar-refractivity contribution in [3.8, 4) is 11.5 Å². The third-order valence-corrected chi connectivity index (χ3v) is 4.05. The Kier molecular flexibility index (Phi) is 5.70. The number of methoxy groups -OCH3 is 2. The van der Waals surface area contributed by atoms with Gasteiger partial charge in [0.2, 0.25) is 5.91 Å². The van der Waals surface area contributed by atoms with Crippen LogP contribution in [-0.2, 0) is 11.3 Å². The highest BCUT2D eigenvalue weighted by Crippen LogP contribution is 2.37. The minimum absolute atomic E-state index is 0.0594. The Hall–Kier alpha value is -1.46. The van der Waals surface area contributed by atoms with Crippen molar-refractivity contribution in [2.45, 2.75) is 31.8 Å². The van der Waals surface area contributed by atoms with Gasteiger partial charge in [0, 0.05) is 13.1 Å². The summed E-state index contributed by atoms with van der Waals surface area (Å²) in [4.78, 5) is 11.9. The van der Waals surface area contributed by atoms with Gasteiger partial charge in [0.05, 0.1) is 25.3 Å². The molecular weight excluding hydrogens is 292 g/mol. The molecule has 0 aliphatic carbocycles. The van der Waals surface area contributed by atoms with Crippen molar-refractivity contribution < 1.29 is 14.3 Å². The summed E-state index contributed by atoms with van der Waals surface area (Å²) in [5.41, 5.74) is 0.881. The molecule has 0 aromatic heterocycles. The van der Waals surface area contributed by atoms with Crippen LogP contribution in [0.15, 0.2) is 12.1 Å². The molecule has 0 bridgehead atoms. The monoisotopic (exact) mass is 312 g/mol. The van der Waals surface area contributed by atoms with Gasteiger partial charge in [0.15, 0.2) is 11.5 Å². The van der Waals surface area contributed by atoms with Crippen LogP contribution in [0.2, 0.25) is 5.02 Å². The Morgan fingerprint density at radius 2 is 2.14 bits per heavy atom. The number of carbonyl (C=O) groups excluding carboxylic acids is 1. The Morgan fingerprint density at radius 1 is 1.33 bits per heavy atom. The summed E-state index contributed by atoms with van der Waals surface area (Å²) < 4.78 is 10.5. The molecular formula is C15H21ClN2O3. The summed E-state index contributed by atoms with van der Waals surface area (Å²) in [6.45, 7) is 1.27. The van der Waals surface area contributed by atoms with Crippen LogP contribution in [0.1, 0.15) is 24.8 Å². The molecule has 1 unspecified atom stereocenters. The number of rotatable bonds is 5. The molecule has 1 atom stereocenters. The minimum Gasteiger partial charge on any atom is -0.493 e. The van der Waals surface area contributed by atoms with Crippen LogP contribution in [0.3, 0.4) is 0 Å². The van der Waals surface area contributed by atoms with E-state index in [9.17, 15) is 4.79 Å². The molecule has 1 saturated heterocycles. The maximum Gasteiger partial charge on any atom is 0.237 e. The predicted octanol–water partition coefficient (Wildman–Crippen LogP) is 2.12. The molecule has 2 rings (SSSR count). The maximum atomic E-state index is 11.9. The average molecular weight is 313 g/mol. The summed E-state index contributed by atoms with van der Waals surface area (Å²) >= 11 is 6.33. The zero-order chi connectivity index (χ0) is 15.2. The molecule has 1 fully saturated rings. The zero-order valence-corrected chi connectivity index (χ0v) is 13.1. The first-order chi connectivity index (χ1) is 10.2. The summed E-state index contributed by atoms with van der Waals surface area (Å²) in [5, 5.41) is 6.68. The normalized spacial score (nSPS) is 18.8. The van der Waals surface area contributed by atoms with E-state index in [0.717, 1.165) is 31.4 Å². The Balaban J connectivity index is 2.07. The lowest BCUT2D eigenvalue weighted by Gasteiger charge is -2.17. The van der Waals surface area contributed by atoms with Crippen molar-refractivity contribution in [1.29, 1.82) is 0 Å². The smallest absolute Gasteiger partial charge is 0.237 e. The lowest BCUT2D eigenvalue weighted by atomic mass is 10.1. The lowest BCUT2D eigenvalue weighted by molar-refractivity contribution is -0.122. The SMILES string of the molecule is COc1ccc(CNC2CCCCNC2=O)c(Cl)c1OC. The van der Waals surface area contributed by atoms with Crippen molar-refractivity contribution in [2.24, 2.45) is 0 Å². The van der Waals surface area contributed by atoms with E-state index in [1.807, 2.05) is 12.1 Å². The number of amides is 1. The third-order valence-electron chi connectivity index (χ3n) is 3.64. The molecule has 0 saturated carbocycles. The topological polar surface area (TPSA) is 59.6 Å². The molecule has 0 spiro atoms. The van der Waals surface area contributed by atoms with Gasteiger partial charge in [0.1, 0.15) is 0 Å². The molecule has 6 heteroatoms. The fourth-order valence-electron chi connectivity index (χ4n) is 2.43. The summed E-state index contributed by atoms with van der Waals surface area (Å²) in [6.07, 6.45) is 2.91. The van der Waals surface area contributed by atoms with Crippen molar-refractivity contribution in [1.82, 2.24) is 10.6 Å². The van der Waals surface area contributed by atoms with E-state index in [1.165, 1.54) is 0 Å². The van der Waals surface area contributed by atoms with Crippen molar-refractivity contribution in [3.05, 3.63) is 22.7 Å². The van der Waals surface area contributed by atoms with Gasteiger partial charge in [-0.25, -0.2) is 0 Å². The largest absolute Gasteiger partial charge is 0.493 e. The highest BCUT2D eigenvalue weighted by atomic mass is 35.5. The van der Waals surface area contributed by atoms with E-state index in [1.54, 1.807) is 14.2 Å². The van der Waals surface area contributed by atoms with E-state index in [2.05, 4.69) is 10.6 Å². The van der Waals surface area contributed by atoms with Gasteiger partial charge >= 0.3 is 0 Å². The quantitative estimate of drug-likeness (QED) is 0.874. The van der Waals surface area contributed by atoms with E-state index >= 15 is 0 Å². The Bertz CT molecular complexity index is 508. The first-order valence-corrected chi connectivity index (χ1v) is 7.45. The molecule has 0 radical (unpaired) electrons. The van der Waals surface area contributed by atoms with Crippen LogP contribution in [0.25, 0.3) is 0 Å². The van der Waals surface area contributed by atoms with Crippen molar-refractivity contribution >= 4 is 17.5 Å². The number of benzene rings is 1. The second kappa shape index (κ2) is 7.52. The molecule has 1 aromatic carbocycles. The van der Waals surface area contributed by atoms with E-state index in [-0.39, 0.29) is 11.9 Å². The second-order valence-corrected chi connectivity index (χ2v) is 5.37. The van der Waals surface area contributed by atoms with Crippen molar-refractivity contribution in [3.63, 3.8) is 0 Å². The minimum atomic E-state index is -0.170. The van der Waals surface area contributed by atoms with Crippen LogP contribution in [0.5, 0.6) is 11.5 Å². The van der Waals surface area contributed by atoms with Gasteiger partial charge in [-0.3, -0.25) is 4.79 Å². The van der Waals surface area contributed by atoms with E-state index in [0.29, 0.717) is 23.1 Å². The van der Waals surface area contributed by atoms with E-state index < -0.39 is 0 Å². The number of halogens is 1. The van der Waals surface area contributed by atoms with Crippen LogP contribution in [0.4, 0.5) is 0 Å². The molecule has 1 aromatic rings. The number of carbonyl (C=O) groups is 1. The Labute approximate surface area is 130 Å². The van der Waals surface area contributed by atoms with Crippen LogP contribution in [-0.4, -0.2) is 32.7 Å². The highest BCUT2D eigenvalue weighted by Gasteiger charge is 2.21. The van der Waals surface area contributed by atoms with Gasteiger partial charge < -0.3 is 20.1 Å². The van der Waals surface area contributed by atoms with E-state index in [4.69, 9.17) is 21.1 Å². The number of hydrogen-bond acceptors (Lipinski definition) is 4. The maximum absolute atomic E-state index is 11.9. The Morgan fingerprint density at radius 3 is 2.86 bits per heavy atom. The molecule has 1 heterocycles. The van der Waals surface area contributed by atoms with Gasteiger partial charge in [0.25, 0.3) is 0 Å². The molecule has 1 amide bonds. The zero-order valence-electron chi connectivity index (χ0n) is 12.4. The fourth-order valence-corrected chi connectivity index (χ4v) is 2.73. The first-order valence-electron chi connectivity index (χ1n) is 7.07. The van der Waals surface area contributed by atoms with Gasteiger partial charge in [-0.15, -0.1) is 0 Å². The van der Waals surface area contributed by atoms with Gasteiger partial charge in [-0.2, -0.15) is 0 Å². The average Bonchev–Trinajstić information content (AvgIpc) is 2.70. The van der Waals surface area contributed by atoms with Gasteiger partial charge in [-0.1, -0.05) is 17.7 Å². The van der Waals surface area contributed by atoms with Crippen LogP contribution < -0.4 is 20.1 Å². The number of hydrogen-bond donors (Lipinski definition) is 2. The van der Waals surface area contributed by atoms with Crippen LogP contribution >= 0.6 is 11.6 Å². The number of ether oxygens (including phenoxy) is 2. The third kappa shape index (κ3) is 3.80. The molecule has 21 heavy (non-hydrogen) atoms. The summed E-state index contributed by atoms with van der Waals surface area (Å²) in [5.74, 6) is 1.17. The molecule has 1 aliphatic heterocycles. The molecule has 1 aliphatic rings. The standard InChI is InChI=1S/C15H21ClN2O3/c1-20-12-7-6-10(13(16)14(12)21-2)9-18-11-5-3-4-8-17-15(11)19/h6-7,11,18H,3-5,8-9H2,1-2H3,(H,17,19). The van der Waals surface area contributed by atoms with Crippen LogP contribution in [0, 0.1) is 0 Å². The molecule has 5 nitrogen and oxygen atoms in total. The number of nitrogens with one attached hydrogen (secondary N) is 2. The second-order valence-electron chi connectivity index (χ2n) is 4.99. The summed E-state index contributed by atoms with van der Waals surface area (Å²) in [6, 6.07) is 3.52.